The van der Waals surface area contributed by atoms with Crippen molar-refractivity contribution in [1.82, 2.24) is 0 Å². The second-order valence-electron chi connectivity index (χ2n) is 9.93. The summed E-state index contributed by atoms with van der Waals surface area (Å²) in [7, 11) is 0. The molecule has 0 aromatic rings. The van der Waals surface area contributed by atoms with Crippen molar-refractivity contribution in [2.75, 3.05) is 0 Å². The Hall–Kier alpha value is -2.24. The van der Waals surface area contributed by atoms with Crippen LogP contribution in [0.2, 0.25) is 0 Å². The third-order valence-corrected chi connectivity index (χ3v) is 7.35. The normalized spacial score (nSPS) is 35.9. The minimum absolute atomic E-state index is 0.110. The van der Waals surface area contributed by atoms with E-state index < -0.39 is 35.5 Å². The van der Waals surface area contributed by atoms with Crippen LogP contribution in [0.15, 0.2) is 23.8 Å². The number of Topliss-reactive ketones (excluding diaryl/α,β-unsaturated/α-hetero) is 2. The van der Waals surface area contributed by atoms with Crippen LogP contribution in [0.25, 0.3) is 0 Å². The number of rotatable bonds is 2. The first-order valence-corrected chi connectivity index (χ1v) is 10.7. The number of fused-ring (bicyclic) bond motifs is 2. The first kappa shape index (κ1) is 22.4. The van der Waals surface area contributed by atoms with Crippen LogP contribution in [0.4, 0.5) is 0 Å². The second-order valence-corrected chi connectivity index (χ2v) is 9.93. The van der Waals surface area contributed by atoms with Crippen LogP contribution >= 0.6 is 0 Å². The summed E-state index contributed by atoms with van der Waals surface area (Å²) in [5.41, 5.74) is -0.178. The van der Waals surface area contributed by atoms with Crippen LogP contribution in [0, 0.1) is 22.7 Å². The summed E-state index contributed by atoms with van der Waals surface area (Å²) in [5, 5.41) is 0. The summed E-state index contributed by atoms with van der Waals surface area (Å²) in [6.07, 6.45) is 3.14. The number of ketones is 2. The van der Waals surface area contributed by atoms with E-state index in [4.69, 9.17) is 9.47 Å². The van der Waals surface area contributed by atoms with Crippen molar-refractivity contribution in [2.24, 2.45) is 22.7 Å². The fourth-order valence-electron chi connectivity index (χ4n) is 5.87. The first-order chi connectivity index (χ1) is 13.9. The number of hydrogen-bond donors (Lipinski definition) is 0. The van der Waals surface area contributed by atoms with Crippen LogP contribution < -0.4 is 0 Å². The van der Waals surface area contributed by atoms with E-state index in [0.717, 1.165) is 12.8 Å². The summed E-state index contributed by atoms with van der Waals surface area (Å²) in [4.78, 5) is 50.4. The van der Waals surface area contributed by atoms with E-state index in [-0.39, 0.29) is 29.3 Å². The lowest BCUT2D eigenvalue weighted by atomic mass is 9.52. The highest BCUT2D eigenvalue weighted by Gasteiger charge is 2.55. The number of hydrogen-bond acceptors (Lipinski definition) is 6. The SMILES string of the molecule is C=C1C(=O)C2=CC1CC(OC(C)=O)C(=O)C1(C)CCCC(C)(C)C1CC2OC(C)=O. The van der Waals surface area contributed by atoms with Crippen LogP contribution in [0.1, 0.15) is 66.7 Å². The molecule has 6 heteroatoms. The van der Waals surface area contributed by atoms with Gasteiger partial charge in [-0.1, -0.05) is 39.8 Å². The number of esters is 2. The number of ether oxygens (including phenoxy) is 2. The van der Waals surface area contributed by atoms with Crippen molar-refractivity contribution < 1.29 is 28.7 Å². The smallest absolute Gasteiger partial charge is 0.303 e. The molecule has 0 N–H and O–H groups in total. The molecule has 0 heterocycles. The molecule has 0 aliphatic heterocycles. The summed E-state index contributed by atoms with van der Waals surface area (Å²) in [5.74, 6) is -1.89. The van der Waals surface area contributed by atoms with Gasteiger partial charge in [0.25, 0.3) is 0 Å². The minimum Gasteiger partial charge on any atom is -0.458 e. The zero-order valence-corrected chi connectivity index (χ0v) is 18.6. The van der Waals surface area contributed by atoms with Crippen LogP contribution in [-0.4, -0.2) is 35.7 Å². The largest absolute Gasteiger partial charge is 0.458 e. The molecule has 0 saturated heterocycles. The lowest BCUT2D eigenvalue weighted by Gasteiger charge is -2.51. The Morgan fingerprint density at radius 2 is 1.60 bits per heavy atom. The van der Waals surface area contributed by atoms with Crippen molar-refractivity contribution in [3.05, 3.63) is 23.8 Å². The van der Waals surface area contributed by atoms with E-state index in [1.54, 1.807) is 6.08 Å². The second kappa shape index (κ2) is 7.78. The summed E-state index contributed by atoms with van der Waals surface area (Å²) >= 11 is 0. The Balaban J connectivity index is 2.15. The molecule has 1 saturated carbocycles. The predicted molar refractivity (Wildman–Crippen MR) is 110 cm³/mol. The lowest BCUT2D eigenvalue weighted by Crippen LogP contribution is -2.52. The van der Waals surface area contributed by atoms with Crippen molar-refractivity contribution in [3.8, 4) is 0 Å². The number of allylic oxidation sites excluding steroid dienone is 2. The summed E-state index contributed by atoms with van der Waals surface area (Å²) in [6, 6.07) is 0. The minimum atomic E-state index is -0.931. The zero-order chi connectivity index (χ0) is 22.4. The quantitative estimate of drug-likeness (QED) is 0.504. The third-order valence-electron chi connectivity index (χ3n) is 7.35. The Bertz CT molecular complexity index is 835. The number of carbonyl (C=O) groups excluding carboxylic acids is 4. The third kappa shape index (κ3) is 3.88. The van der Waals surface area contributed by atoms with Crippen LogP contribution in [0.5, 0.6) is 0 Å². The molecule has 30 heavy (non-hydrogen) atoms. The van der Waals surface area contributed by atoms with Gasteiger partial charge in [0, 0.05) is 37.2 Å². The average molecular weight is 417 g/mol. The molecular formula is C24H32O6. The van der Waals surface area contributed by atoms with Gasteiger partial charge in [-0.3, -0.25) is 19.2 Å². The molecule has 2 bridgehead atoms. The molecule has 0 aromatic carbocycles. The van der Waals surface area contributed by atoms with E-state index in [0.29, 0.717) is 24.0 Å². The van der Waals surface area contributed by atoms with E-state index in [1.807, 2.05) is 6.92 Å². The standard InChI is InChI=1S/C24H32O6/c1-13-16-10-17(21(13)27)18(29-14(2)25)12-20-23(4,5)8-7-9-24(20,6)22(28)19(11-16)30-15(3)26/h10,16,18-20H,1,7-9,11-12H2,2-6H3. The van der Waals surface area contributed by atoms with E-state index in [2.05, 4.69) is 20.4 Å². The van der Waals surface area contributed by atoms with Gasteiger partial charge in [-0.15, -0.1) is 0 Å². The number of carbonyl (C=O) groups is 4. The fraction of sp³-hybridized carbons (Fsp3) is 0.667. The summed E-state index contributed by atoms with van der Waals surface area (Å²) < 4.78 is 11.1. The van der Waals surface area contributed by atoms with Crippen molar-refractivity contribution in [3.63, 3.8) is 0 Å². The molecule has 6 nitrogen and oxygen atoms in total. The first-order valence-electron chi connectivity index (χ1n) is 10.7. The topological polar surface area (TPSA) is 86.7 Å². The van der Waals surface area contributed by atoms with Gasteiger partial charge in [0.1, 0.15) is 6.10 Å². The molecule has 3 rings (SSSR count). The van der Waals surface area contributed by atoms with Gasteiger partial charge < -0.3 is 9.47 Å². The van der Waals surface area contributed by atoms with Crippen molar-refractivity contribution in [2.45, 2.75) is 78.9 Å². The van der Waals surface area contributed by atoms with Gasteiger partial charge in [-0.25, -0.2) is 0 Å². The summed E-state index contributed by atoms with van der Waals surface area (Å²) in [6.45, 7) is 12.7. The molecule has 0 spiro atoms. The van der Waals surface area contributed by atoms with Crippen LogP contribution in [-0.2, 0) is 28.7 Å². The molecule has 0 aromatic heterocycles. The molecule has 0 amide bonds. The van der Waals surface area contributed by atoms with Gasteiger partial charge >= 0.3 is 11.9 Å². The van der Waals surface area contributed by atoms with Gasteiger partial charge in [-0.05, 0) is 36.2 Å². The molecule has 5 atom stereocenters. The fourth-order valence-corrected chi connectivity index (χ4v) is 5.87. The van der Waals surface area contributed by atoms with Gasteiger partial charge in [0.05, 0.1) is 0 Å². The Kier molecular flexibility index (Phi) is 5.82. The zero-order valence-electron chi connectivity index (χ0n) is 18.6. The highest BCUT2D eigenvalue weighted by atomic mass is 16.5. The Morgan fingerprint density at radius 3 is 2.20 bits per heavy atom. The highest BCUT2D eigenvalue weighted by molar-refractivity contribution is 6.12. The molecule has 1 fully saturated rings. The maximum absolute atomic E-state index is 13.8. The molecule has 3 aliphatic carbocycles. The average Bonchev–Trinajstić information content (AvgIpc) is 2.89. The molecule has 5 unspecified atom stereocenters. The van der Waals surface area contributed by atoms with E-state index >= 15 is 0 Å². The van der Waals surface area contributed by atoms with Gasteiger partial charge in [0.15, 0.2) is 17.7 Å². The monoisotopic (exact) mass is 416 g/mol. The molecule has 164 valence electrons. The van der Waals surface area contributed by atoms with Crippen molar-refractivity contribution in [1.29, 1.82) is 0 Å². The van der Waals surface area contributed by atoms with Gasteiger partial charge in [0.2, 0.25) is 0 Å². The van der Waals surface area contributed by atoms with Crippen LogP contribution in [0.3, 0.4) is 0 Å². The lowest BCUT2D eigenvalue weighted by molar-refractivity contribution is -0.164. The Labute approximate surface area is 178 Å². The molecular weight excluding hydrogens is 384 g/mol. The van der Waals surface area contributed by atoms with Crippen molar-refractivity contribution >= 4 is 23.5 Å². The Morgan fingerprint density at radius 1 is 1.00 bits per heavy atom. The molecule has 0 radical (unpaired) electrons. The predicted octanol–water partition coefficient (Wildman–Crippen LogP) is 3.73. The maximum atomic E-state index is 13.8. The van der Waals surface area contributed by atoms with E-state index in [1.165, 1.54) is 13.8 Å². The van der Waals surface area contributed by atoms with Gasteiger partial charge in [-0.2, -0.15) is 0 Å². The highest BCUT2D eigenvalue weighted by Crippen LogP contribution is 2.55. The maximum Gasteiger partial charge on any atom is 0.303 e. The van der Waals surface area contributed by atoms with E-state index in [9.17, 15) is 19.2 Å². The molecule has 3 aliphatic rings.